The van der Waals surface area contributed by atoms with Gasteiger partial charge in [0.05, 0.1) is 33.2 Å². The van der Waals surface area contributed by atoms with Crippen molar-refractivity contribution in [2.75, 3.05) is 37.6 Å². The Morgan fingerprint density at radius 3 is 1.75 bits per heavy atom. The summed E-state index contributed by atoms with van der Waals surface area (Å²) in [5.74, 6) is 0.0394. The Hall–Kier alpha value is -2.64. The van der Waals surface area contributed by atoms with Crippen LogP contribution in [0.25, 0.3) is 18.2 Å². The topological polar surface area (TPSA) is 237 Å². The molecule has 1 aromatic heterocycles. The molecule has 2 saturated heterocycles. The van der Waals surface area contributed by atoms with Gasteiger partial charge in [-0.05, 0) is 99.4 Å². The van der Waals surface area contributed by atoms with E-state index in [4.69, 9.17) is 22.3 Å². The number of benzene rings is 3. The van der Waals surface area contributed by atoms with E-state index in [1.54, 1.807) is 36.4 Å². The van der Waals surface area contributed by atoms with Gasteiger partial charge in [0.15, 0.2) is 5.75 Å². The molecule has 3 aliphatic rings. The third kappa shape index (κ3) is 14.7. The predicted octanol–water partition coefficient (Wildman–Crippen LogP) is 9.19. The molecule has 0 radical (unpaired) electrons. The molecule has 7 rings (SSSR count). The number of ether oxygens (including phenoxy) is 2. The zero-order valence-corrected chi connectivity index (χ0v) is 46.6. The van der Waals surface area contributed by atoms with Crippen LogP contribution in [-0.4, -0.2) is 82.3 Å². The minimum Gasteiger partial charge on any atom is -0.506 e. The number of alkyl halides is 1. The van der Waals surface area contributed by atoms with Crippen LogP contribution in [0.15, 0.2) is 69.4 Å². The second kappa shape index (κ2) is 24.8. The second-order valence-electron chi connectivity index (χ2n) is 11.9. The van der Waals surface area contributed by atoms with Crippen LogP contribution in [0.1, 0.15) is 17.4 Å². The normalized spacial score (nSPS) is 15.6. The summed E-state index contributed by atoms with van der Waals surface area (Å²) in [6.07, 6.45) is 4.16. The number of thioether (sulfide) groups is 2. The van der Waals surface area contributed by atoms with Gasteiger partial charge in [0.2, 0.25) is 5.88 Å². The van der Waals surface area contributed by atoms with Crippen LogP contribution >= 0.6 is 153 Å². The van der Waals surface area contributed by atoms with E-state index < -0.39 is 6.09 Å². The second-order valence-corrected chi connectivity index (χ2v) is 23.8. The lowest BCUT2D eigenvalue weighted by atomic mass is 10.1. The lowest BCUT2D eigenvalue weighted by Gasteiger charge is -2.08. The molecular formula is C36H30BBr6IN6O10S3. The van der Waals surface area contributed by atoms with Crippen LogP contribution < -0.4 is 36.4 Å². The predicted molar refractivity (Wildman–Crippen MR) is 281 cm³/mol. The monoisotopic (exact) mass is 1410 g/mol. The Balaban J connectivity index is 0.000000238. The molecule has 16 nitrogen and oxygen atoms in total. The highest BCUT2D eigenvalue weighted by Gasteiger charge is 2.33. The molecule has 4 heterocycles. The molecule has 3 aliphatic heterocycles. The van der Waals surface area contributed by atoms with Crippen molar-refractivity contribution in [3.8, 4) is 23.1 Å². The maximum absolute atomic E-state index is 11.8. The smallest absolute Gasteiger partial charge is 0.439 e. The molecule has 4 aromatic rings. The molecule has 0 saturated carbocycles. The van der Waals surface area contributed by atoms with Gasteiger partial charge in [-0.25, -0.2) is 4.79 Å². The average Bonchev–Trinajstić information content (AvgIpc) is 3.86. The van der Waals surface area contributed by atoms with Gasteiger partial charge in [-0.15, -0.1) is 47.3 Å². The van der Waals surface area contributed by atoms with Crippen molar-refractivity contribution in [2.24, 2.45) is 12.0 Å². The number of rotatable bonds is 4. The largest absolute Gasteiger partial charge is 0.506 e. The number of carbonyl (C=O) groups is 5. The lowest BCUT2D eigenvalue weighted by molar-refractivity contribution is -0.122. The first-order chi connectivity index (χ1) is 29.9. The highest BCUT2D eigenvalue weighted by Crippen LogP contribution is 2.37. The Kier molecular flexibility index (Phi) is 20.8. The van der Waals surface area contributed by atoms with Gasteiger partial charge in [-0.1, -0.05) is 81.7 Å². The first kappa shape index (κ1) is 53.0. The molecular weight excluding hydrogens is 1390 g/mol. The first-order valence-corrected chi connectivity index (χ1v) is 25.7. The third-order valence-electron chi connectivity index (χ3n) is 7.82. The minimum absolute atomic E-state index is 0.0693. The number of aromatic nitrogens is 1. The molecule has 0 atom stereocenters. The van der Waals surface area contributed by atoms with Gasteiger partial charge >= 0.3 is 14.2 Å². The molecule has 0 spiro atoms. The highest BCUT2D eigenvalue weighted by molar-refractivity contribution is 14.1. The number of amides is 5. The molecule has 0 aliphatic carbocycles. The van der Waals surface area contributed by atoms with E-state index in [0.717, 1.165) is 59.3 Å². The van der Waals surface area contributed by atoms with Crippen LogP contribution in [0.4, 0.5) is 25.8 Å². The number of anilines is 2. The number of hydrogen-bond donors (Lipinski definition) is 4. The van der Waals surface area contributed by atoms with Crippen molar-refractivity contribution in [2.45, 2.75) is 0 Å². The zero-order valence-electron chi connectivity index (χ0n) is 33.5. The number of nitrogens with two attached hydrogens (primary N) is 2. The Morgan fingerprint density at radius 1 is 0.810 bits per heavy atom. The number of aromatic hydroxyl groups is 2. The lowest BCUT2D eigenvalue weighted by Crippen LogP contribution is -2.22. The number of thiazole rings is 1. The third-order valence-corrected chi connectivity index (χ3v) is 12.8. The van der Waals surface area contributed by atoms with E-state index in [1.165, 1.54) is 46.5 Å². The molecule has 0 unspecified atom stereocenters. The number of likely N-dealkylation sites (N-methyl/N-ethyl adjacent to an activating group) is 2. The zero-order chi connectivity index (χ0) is 48.3. The Bertz CT molecular complexity index is 2760. The molecule has 5 amide bonds. The number of fused-ring (bicyclic) bond motifs is 1. The minimum atomic E-state index is -0.656. The summed E-state index contributed by atoms with van der Waals surface area (Å²) in [4.78, 5) is 76.0. The summed E-state index contributed by atoms with van der Waals surface area (Å²) in [6.45, 7) is 0. The fourth-order valence-electron chi connectivity index (χ4n) is 4.70. The molecule has 334 valence electrons. The molecule has 63 heavy (non-hydrogen) atoms. The van der Waals surface area contributed by atoms with Crippen molar-refractivity contribution in [1.29, 1.82) is 0 Å². The van der Waals surface area contributed by atoms with E-state index >= 15 is 0 Å². The average molecular weight is 1420 g/mol. The summed E-state index contributed by atoms with van der Waals surface area (Å²) >= 11 is 24.0. The molecule has 27 heteroatoms. The molecule has 3 aromatic carbocycles. The number of phenols is 1. The molecule has 0 bridgehead atoms. The summed E-state index contributed by atoms with van der Waals surface area (Å²) in [5.41, 5.74) is 13.3. The van der Waals surface area contributed by atoms with Crippen molar-refractivity contribution >= 4 is 214 Å². The van der Waals surface area contributed by atoms with Gasteiger partial charge in [0.25, 0.3) is 22.3 Å². The van der Waals surface area contributed by atoms with E-state index in [1.807, 2.05) is 22.6 Å². The van der Waals surface area contributed by atoms with Gasteiger partial charge in [-0.3, -0.25) is 38.3 Å². The van der Waals surface area contributed by atoms with E-state index in [2.05, 4.69) is 100 Å². The van der Waals surface area contributed by atoms with E-state index in [9.17, 15) is 39.0 Å². The number of imide groups is 2. The molecule has 6 N–H and O–H groups in total. The van der Waals surface area contributed by atoms with Crippen molar-refractivity contribution in [3.05, 3.63) is 95.9 Å². The van der Waals surface area contributed by atoms with Crippen molar-refractivity contribution in [1.82, 2.24) is 14.4 Å². The Morgan fingerprint density at radius 2 is 1.30 bits per heavy atom. The summed E-state index contributed by atoms with van der Waals surface area (Å²) in [7, 11) is 5.89. The fourth-order valence-corrected chi connectivity index (χ4v) is 8.56. The summed E-state index contributed by atoms with van der Waals surface area (Å²) in [5, 5.41) is 19.9. The summed E-state index contributed by atoms with van der Waals surface area (Å²) < 4.78 is 19.7. The number of phenolic OH excluding ortho intramolecular Hbond substituents is 1. The van der Waals surface area contributed by atoms with Crippen molar-refractivity contribution < 1.29 is 45.0 Å². The van der Waals surface area contributed by atoms with Crippen LogP contribution in [0.5, 0.6) is 23.1 Å². The number of carbonyl (C=O) groups excluding carboxylic acids is 5. The van der Waals surface area contributed by atoms with E-state index in [-0.39, 0.29) is 47.7 Å². The fraction of sp³-hybridized carbons (Fsp3) is 0.139. The number of nitrogens with zero attached hydrogens (tertiary/aromatic N) is 4. The first-order valence-electron chi connectivity index (χ1n) is 17.3. The van der Waals surface area contributed by atoms with Crippen LogP contribution in [0.3, 0.4) is 0 Å². The number of methoxy groups -OCH3 is 1. The van der Waals surface area contributed by atoms with Crippen LogP contribution in [0, 0.1) is 0 Å². The molecule has 2 fully saturated rings. The van der Waals surface area contributed by atoms with E-state index in [0.29, 0.717) is 61.9 Å². The Labute approximate surface area is 436 Å². The SMILES string of the molecule is BrB(Br)Br.CN1C(=O)S/C(=C\c2cc(O)c(N)cc2Br)C1=O.COc1cc(/C=C2\SC(=O)N(C)C2=O)c(Br)cc1N.Cn1c(O)c(C=c2cc3c(cc2Br)=NC(=O)O3)sc1=O.[2H]CI. The van der Waals surface area contributed by atoms with Crippen LogP contribution in [0.2, 0.25) is 0 Å². The van der Waals surface area contributed by atoms with Crippen molar-refractivity contribution in [3.63, 3.8) is 0 Å². The maximum atomic E-state index is 11.8. The van der Waals surface area contributed by atoms with Gasteiger partial charge in [-0.2, -0.15) is 4.99 Å². The van der Waals surface area contributed by atoms with Gasteiger partial charge in [0.1, 0.15) is 16.9 Å². The van der Waals surface area contributed by atoms with Crippen LogP contribution in [-0.2, 0) is 16.6 Å². The summed E-state index contributed by atoms with van der Waals surface area (Å²) in [6, 6.07) is 9.65. The highest BCUT2D eigenvalue weighted by atomic mass is 127. The number of nitrogen functional groups attached to an aromatic ring is 2. The maximum Gasteiger partial charge on any atom is 0.439 e. The number of hydrogen-bond acceptors (Lipinski definition) is 15. The number of halogens is 7. The quantitative estimate of drug-likeness (QED) is 0.0372. The van der Waals surface area contributed by atoms with Gasteiger partial charge < -0.3 is 31.2 Å². The standard InChI is InChI=1S/C12H7BrN2O4S.C12H11BrN2O3S.C11H9BrN2O3S.CH3I.BBr3/c1-15-10(16)9(20-12(15)18)3-5-2-8-7(4-6(5)13)14-11(17)19-8;1-15-11(16)10(19-12(15)17)4-6-3-9(18-2)8(14)5-7(6)13;1-14-10(16)9(18-11(14)17)3-5-2-8(15)7(13)4-6(5)12;1-2;2-1(3)4/h2-4,16H,1H3;3-5H,14H2,1-2H3;2-4,15H,13H2,1H3;1H3;/b;10-4-;9-3-;;/i;;;1D;. The van der Waals surface area contributed by atoms with Gasteiger partial charge in [0, 0.05) is 35.9 Å².